The Morgan fingerprint density at radius 2 is 1.57 bits per heavy atom. The smallest absolute Gasteiger partial charge is 0.225 e. The lowest BCUT2D eigenvalue weighted by molar-refractivity contribution is 0.726. The molecule has 3 heteroatoms. The van der Waals surface area contributed by atoms with Crippen molar-refractivity contribution in [3.05, 3.63) is 54.7 Å². The van der Waals surface area contributed by atoms with E-state index >= 15 is 0 Å². The first-order valence-corrected chi connectivity index (χ1v) is 8.47. The minimum atomic E-state index is 0.873. The van der Waals surface area contributed by atoms with Crippen LogP contribution in [-0.2, 0) is 0 Å². The van der Waals surface area contributed by atoms with Crippen molar-refractivity contribution in [1.82, 2.24) is 9.97 Å². The molecule has 0 saturated carbocycles. The molecule has 23 heavy (non-hydrogen) atoms. The molecule has 0 N–H and O–H groups in total. The molecule has 0 spiro atoms. The van der Waals surface area contributed by atoms with E-state index < -0.39 is 0 Å². The molecule has 3 nitrogen and oxygen atoms in total. The van der Waals surface area contributed by atoms with Crippen LogP contribution in [0.2, 0.25) is 0 Å². The van der Waals surface area contributed by atoms with Gasteiger partial charge in [0.05, 0.1) is 5.69 Å². The molecule has 116 valence electrons. The highest BCUT2D eigenvalue weighted by atomic mass is 15.2. The molecule has 0 aliphatic carbocycles. The van der Waals surface area contributed by atoms with Crippen molar-refractivity contribution in [2.75, 3.05) is 18.0 Å². The van der Waals surface area contributed by atoms with Gasteiger partial charge in [-0.2, -0.15) is 0 Å². The van der Waals surface area contributed by atoms with E-state index in [4.69, 9.17) is 4.98 Å². The van der Waals surface area contributed by atoms with Gasteiger partial charge in [0, 0.05) is 24.8 Å². The monoisotopic (exact) mass is 303 g/mol. The molecule has 2 aromatic carbocycles. The van der Waals surface area contributed by atoms with Crippen LogP contribution in [0.15, 0.2) is 54.7 Å². The van der Waals surface area contributed by atoms with Crippen LogP contribution < -0.4 is 4.90 Å². The van der Waals surface area contributed by atoms with Gasteiger partial charge in [-0.25, -0.2) is 9.97 Å². The van der Waals surface area contributed by atoms with Crippen molar-refractivity contribution in [3.63, 3.8) is 0 Å². The van der Waals surface area contributed by atoms with Crippen LogP contribution in [0.25, 0.3) is 22.0 Å². The van der Waals surface area contributed by atoms with Crippen molar-refractivity contribution in [1.29, 1.82) is 0 Å². The average Bonchev–Trinajstić information content (AvgIpc) is 2.91. The summed E-state index contributed by atoms with van der Waals surface area (Å²) in [7, 11) is 0. The van der Waals surface area contributed by atoms with Gasteiger partial charge in [-0.05, 0) is 35.7 Å². The highest BCUT2D eigenvalue weighted by molar-refractivity contribution is 5.86. The van der Waals surface area contributed by atoms with Gasteiger partial charge in [0.1, 0.15) is 0 Å². The minimum Gasteiger partial charge on any atom is -0.341 e. The zero-order valence-corrected chi connectivity index (χ0v) is 13.3. The Balaban J connectivity index is 1.69. The molecule has 0 bridgehead atoms. The summed E-state index contributed by atoms with van der Waals surface area (Å²) in [5.41, 5.74) is 2.16. The summed E-state index contributed by atoms with van der Waals surface area (Å²) >= 11 is 0. The van der Waals surface area contributed by atoms with Gasteiger partial charge in [-0.3, -0.25) is 0 Å². The van der Waals surface area contributed by atoms with Gasteiger partial charge in [0.15, 0.2) is 0 Å². The molecular weight excluding hydrogens is 282 g/mol. The zero-order valence-electron chi connectivity index (χ0n) is 13.3. The summed E-state index contributed by atoms with van der Waals surface area (Å²) in [6.45, 7) is 2.14. The molecule has 1 fully saturated rings. The summed E-state index contributed by atoms with van der Waals surface area (Å²) in [5.74, 6) is 0.873. The molecule has 3 aromatic rings. The molecule has 0 atom stereocenters. The maximum absolute atomic E-state index is 4.83. The van der Waals surface area contributed by atoms with E-state index in [1.165, 1.54) is 36.5 Å². The minimum absolute atomic E-state index is 0.873. The Hall–Kier alpha value is -2.42. The fraction of sp³-hybridized carbons (Fsp3) is 0.300. The lowest BCUT2D eigenvalue weighted by Crippen LogP contribution is -2.26. The Kier molecular flexibility index (Phi) is 3.93. The van der Waals surface area contributed by atoms with Crippen molar-refractivity contribution < 1.29 is 0 Å². The average molecular weight is 303 g/mol. The Bertz CT molecular complexity index is 805. The molecule has 1 aliphatic heterocycles. The highest BCUT2D eigenvalue weighted by Crippen LogP contribution is 2.24. The molecule has 1 aliphatic rings. The first kappa shape index (κ1) is 14.2. The number of rotatable bonds is 2. The van der Waals surface area contributed by atoms with Crippen molar-refractivity contribution in [3.8, 4) is 11.3 Å². The number of fused-ring (bicyclic) bond motifs is 1. The van der Waals surface area contributed by atoms with Gasteiger partial charge in [-0.15, -0.1) is 0 Å². The second-order valence-electron chi connectivity index (χ2n) is 6.21. The number of nitrogens with zero attached hydrogens (tertiary/aromatic N) is 3. The fourth-order valence-electron chi connectivity index (χ4n) is 3.28. The third-order valence-corrected chi connectivity index (χ3v) is 4.58. The number of aromatic nitrogens is 2. The van der Waals surface area contributed by atoms with Gasteiger partial charge < -0.3 is 4.90 Å². The topological polar surface area (TPSA) is 29.0 Å². The van der Waals surface area contributed by atoms with Crippen LogP contribution in [-0.4, -0.2) is 23.1 Å². The Labute approximate surface area is 137 Å². The largest absolute Gasteiger partial charge is 0.341 e. The standard InChI is InChI=1S/C20H21N3/c1-2-6-14-23(13-5-1)20-21-12-11-19(22-20)18-10-9-16-7-3-4-8-17(16)15-18/h3-4,7-12,15H,1-2,5-6,13-14H2. The molecule has 1 saturated heterocycles. The Morgan fingerprint density at radius 1 is 0.783 bits per heavy atom. The van der Waals surface area contributed by atoms with E-state index in [1.54, 1.807) is 0 Å². The molecule has 2 heterocycles. The summed E-state index contributed by atoms with van der Waals surface area (Å²) in [6, 6.07) is 17.0. The predicted octanol–water partition coefficient (Wildman–Crippen LogP) is 4.68. The van der Waals surface area contributed by atoms with E-state index in [9.17, 15) is 0 Å². The molecule has 4 rings (SSSR count). The normalized spacial score (nSPS) is 15.6. The second kappa shape index (κ2) is 6.37. The first-order chi connectivity index (χ1) is 11.4. The van der Waals surface area contributed by atoms with E-state index in [-0.39, 0.29) is 0 Å². The number of hydrogen-bond donors (Lipinski definition) is 0. The van der Waals surface area contributed by atoms with Crippen LogP contribution in [0.5, 0.6) is 0 Å². The lowest BCUT2D eigenvalue weighted by atomic mass is 10.1. The molecular formula is C20H21N3. The maximum atomic E-state index is 4.83. The van der Waals surface area contributed by atoms with Crippen LogP contribution >= 0.6 is 0 Å². The molecule has 0 radical (unpaired) electrons. The first-order valence-electron chi connectivity index (χ1n) is 8.47. The van der Waals surface area contributed by atoms with E-state index in [2.05, 4.69) is 52.3 Å². The quantitative estimate of drug-likeness (QED) is 0.688. The van der Waals surface area contributed by atoms with Gasteiger partial charge in [-0.1, -0.05) is 49.2 Å². The van der Waals surface area contributed by atoms with Gasteiger partial charge >= 0.3 is 0 Å². The van der Waals surface area contributed by atoms with E-state index in [0.717, 1.165) is 30.3 Å². The second-order valence-corrected chi connectivity index (χ2v) is 6.21. The van der Waals surface area contributed by atoms with E-state index in [0.29, 0.717) is 0 Å². The number of anilines is 1. The van der Waals surface area contributed by atoms with Crippen LogP contribution in [0.3, 0.4) is 0 Å². The van der Waals surface area contributed by atoms with Crippen LogP contribution in [0.1, 0.15) is 25.7 Å². The zero-order chi connectivity index (χ0) is 15.5. The summed E-state index contributed by atoms with van der Waals surface area (Å²) in [6.07, 6.45) is 7.01. The predicted molar refractivity (Wildman–Crippen MR) is 95.7 cm³/mol. The van der Waals surface area contributed by atoms with Crippen LogP contribution in [0, 0.1) is 0 Å². The fourth-order valence-corrected chi connectivity index (χ4v) is 3.28. The summed E-state index contributed by atoms with van der Waals surface area (Å²) in [4.78, 5) is 11.7. The van der Waals surface area contributed by atoms with Gasteiger partial charge in [0.25, 0.3) is 0 Å². The molecule has 1 aromatic heterocycles. The lowest BCUT2D eigenvalue weighted by Gasteiger charge is -2.20. The molecule has 0 amide bonds. The number of hydrogen-bond acceptors (Lipinski definition) is 3. The maximum Gasteiger partial charge on any atom is 0.225 e. The molecule has 0 unspecified atom stereocenters. The van der Waals surface area contributed by atoms with Crippen molar-refractivity contribution >= 4 is 16.7 Å². The SMILES string of the molecule is c1ccc2cc(-c3ccnc(N4CCCCCC4)n3)ccc2c1. The third kappa shape index (κ3) is 3.04. The Morgan fingerprint density at radius 3 is 2.39 bits per heavy atom. The van der Waals surface area contributed by atoms with Crippen molar-refractivity contribution in [2.24, 2.45) is 0 Å². The van der Waals surface area contributed by atoms with Gasteiger partial charge in [0.2, 0.25) is 5.95 Å². The highest BCUT2D eigenvalue weighted by Gasteiger charge is 2.13. The summed E-state index contributed by atoms with van der Waals surface area (Å²) in [5, 5.41) is 2.51. The van der Waals surface area contributed by atoms with E-state index in [1.807, 2.05) is 12.3 Å². The van der Waals surface area contributed by atoms with Crippen molar-refractivity contribution in [2.45, 2.75) is 25.7 Å². The number of benzene rings is 2. The summed E-state index contributed by atoms with van der Waals surface area (Å²) < 4.78 is 0. The third-order valence-electron chi connectivity index (χ3n) is 4.58. The van der Waals surface area contributed by atoms with Crippen LogP contribution in [0.4, 0.5) is 5.95 Å².